The molecule has 17 heavy (non-hydrogen) atoms. The molecule has 4 heteroatoms. The number of aliphatic hydroxyl groups excluding tert-OH is 1. The summed E-state index contributed by atoms with van der Waals surface area (Å²) < 4.78 is 0. The molecule has 1 saturated heterocycles. The van der Waals surface area contributed by atoms with Crippen LogP contribution in [0.25, 0.3) is 0 Å². The molecule has 4 nitrogen and oxygen atoms in total. The molecule has 2 heterocycles. The van der Waals surface area contributed by atoms with Crippen molar-refractivity contribution in [2.45, 2.75) is 44.8 Å². The van der Waals surface area contributed by atoms with Crippen molar-refractivity contribution in [3.05, 3.63) is 18.2 Å². The van der Waals surface area contributed by atoms with Crippen molar-refractivity contribution < 1.29 is 5.11 Å². The molecule has 1 aliphatic carbocycles. The molecule has 0 radical (unpaired) electrons. The average Bonchev–Trinajstić information content (AvgIpc) is 2.92. The Labute approximate surface area is 102 Å². The molecule has 1 aliphatic heterocycles. The molecule has 1 aromatic rings. The van der Waals surface area contributed by atoms with E-state index in [0.717, 1.165) is 31.9 Å². The summed E-state index contributed by atoms with van der Waals surface area (Å²) in [5.74, 6) is 1.04. The highest BCUT2D eigenvalue weighted by molar-refractivity contribution is 4.98. The maximum Gasteiger partial charge on any atom is 0.120 e. The van der Waals surface area contributed by atoms with Gasteiger partial charge >= 0.3 is 0 Å². The van der Waals surface area contributed by atoms with Crippen LogP contribution in [0.4, 0.5) is 0 Å². The van der Waals surface area contributed by atoms with Crippen molar-refractivity contribution in [1.82, 2.24) is 14.9 Å². The largest absolute Gasteiger partial charge is 0.393 e. The fourth-order valence-electron chi connectivity index (χ4n) is 3.59. The highest BCUT2D eigenvalue weighted by Gasteiger charge is 2.44. The van der Waals surface area contributed by atoms with E-state index < -0.39 is 0 Å². The van der Waals surface area contributed by atoms with E-state index in [1.54, 1.807) is 6.20 Å². The molecular formula is C13H21N3O. The lowest BCUT2D eigenvalue weighted by atomic mass is 9.77. The van der Waals surface area contributed by atoms with Crippen LogP contribution in [0.2, 0.25) is 0 Å². The number of nitrogens with one attached hydrogen (secondary N) is 1. The molecule has 2 N–H and O–H groups in total. The van der Waals surface area contributed by atoms with Crippen LogP contribution in [-0.2, 0) is 6.54 Å². The van der Waals surface area contributed by atoms with Gasteiger partial charge in [-0.2, -0.15) is 0 Å². The Balaban J connectivity index is 1.67. The van der Waals surface area contributed by atoms with Gasteiger partial charge in [0.05, 0.1) is 12.6 Å². The third-order valence-electron chi connectivity index (χ3n) is 4.47. The van der Waals surface area contributed by atoms with Crippen LogP contribution in [0, 0.1) is 5.41 Å². The Hall–Kier alpha value is -0.870. The van der Waals surface area contributed by atoms with Gasteiger partial charge in [-0.1, -0.05) is 6.42 Å². The second-order valence-corrected chi connectivity index (χ2v) is 5.62. The van der Waals surface area contributed by atoms with Crippen LogP contribution >= 0.6 is 0 Å². The van der Waals surface area contributed by atoms with Gasteiger partial charge in [0.2, 0.25) is 0 Å². The number of nitrogens with zero attached hydrogens (tertiary/aromatic N) is 2. The van der Waals surface area contributed by atoms with Gasteiger partial charge in [0.15, 0.2) is 0 Å². The van der Waals surface area contributed by atoms with Gasteiger partial charge < -0.3 is 10.1 Å². The van der Waals surface area contributed by atoms with Crippen LogP contribution in [0.5, 0.6) is 0 Å². The number of piperidine rings is 1. The van der Waals surface area contributed by atoms with Crippen LogP contribution in [0.3, 0.4) is 0 Å². The smallest absolute Gasteiger partial charge is 0.120 e. The molecule has 94 valence electrons. The molecule has 2 aliphatic rings. The van der Waals surface area contributed by atoms with E-state index in [1.807, 2.05) is 6.20 Å². The Morgan fingerprint density at radius 2 is 2.35 bits per heavy atom. The van der Waals surface area contributed by atoms with Crippen molar-refractivity contribution in [1.29, 1.82) is 0 Å². The van der Waals surface area contributed by atoms with E-state index in [-0.39, 0.29) is 11.5 Å². The Bertz CT molecular complexity index is 365. The number of imidazole rings is 1. The molecule has 1 spiro atoms. The van der Waals surface area contributed by atoms with Crippen molar-refractivity contribution in [2.24, 2.45) is 5.41 Å². The number of likely N-dealkylation sites (tertiary alicyclic amines) is 1. The predicted octanol–water partition coefficient (Wildman–Crippen LogP) is 1.54. The fraction of sp³-hybridized carbons (Fsp3) is 0.769. The number of aromatic amines is 1. The summed E-state index contributed by atoms with van der Waals surface area (Å²) in [4.78, 5) is 9.89. The van der Waals surface area contributed by atoms with E-state index in [1.165, 1.54) is 25.7 Å². The summed E-state index contributed by atoms with van der Waals surface area (Å²) in [6.45, 7) is 3.06. The summed E-state index contributed by atoms with van der Waals surface area (Å²) in [5, 5.41) is 10.2. The Kier molecular flexibility index (Phi) is 2.92. The predicted molar refractivity (Wildman–Crippen MR) is 65.4 cm³/mol. The lowest BCUT2D eigenvalue weighted by molar-refractivity contribution is -0.0126. The standard InChI is InChI=1S/C13H21N3O/c17-11-3-1-4-13(11)5-2-8-16(10-13)9-12-14-6-7-15-12/h6-7,11,17H,1-5,8-10H2,(H,14,15)/t11-,13+/m1/s1. The lowest BCUT2D eigenvalue weighted by Gasteiger charge is -2.42. The second-order valence-electron chi connectivity index (χ2n) is 5.62. The van der Waals surface area contributed by atoms with Crippen LogP contribution in [0.15, 0.2) is 12.4 Å². The first-order chi connectivity index (χ1) is 8.28. The normalized spacial score (nSPS) is 34.5. The molecule has 3 rings (SSSR count). The van der Waals surface area contributed by atoms with E-state index in [4.69, 9.17) is 0 Å². The Morgan fingerprint density at radius 3 is 3.06 bits per heavy atom. The van der Waals surface area contributed by atoms with Gasteiger partial charge in [0.25, 0.3) is 0 Å². The highest BCUT2D eigenvalue weighted by Crippen LogP contribution is 2.45. The summed E-state index contributed by atoms with van der Waals surface area (Å²) in [5.41, 5.74) is 0.185. The molecule has 0 bridgehead atoms. The Morgan fingerprint density at radius 1 is 1.47 bits per heavy atom. The van der Waals surface area contributed by atoms with Crippen LogP contribution in [-0.4, -0.2) is 39.2 Å². The summed E-state index contributed by atoms with van der Waals surface area (Å²) in [7, 11) is 0. The summed E-state index contributed by atoms with van der Waals surface area (Å²) in [6.07, 6.45) is 9.38. The van der Waals surface area contributed by atoms with Crippen molar-refractivity contribution in [3.8, 4) is 0 Å². The van der Waals surface area contributed by atoms with Crippen molar-refractivity contribution >= 4 is 0 Å². The number of H-pyrrole nitrogens is 1. The van der Waals surface area contributed by atoms with Crippen LogP contribution in [0.1, 0.15) is 37.9 Å². The van der Waals surface area contributed by atoms with Gasteiger partial charge in [-0.05, 0) is 32.2 Å². The lowest BCUT2D eigenvalue weighted by Crippen LogP contribution is -2.46. The summed E-state index contributed by atoms with van der Waals surface area (Å²) >= 11 is 0. The zero-order valence-electron chi connectivity index (χ0n) is 10.2. The van der Waals surface area contributed by atoms with Crippen molar-refractivity contribution in [3.63, 3.8) is 0 Å². The van der Waals surface area contributed by atoms with E-state index in [9.17, 15) is 5.11 Å². The number of aromatic nitrogens is 2. The van der Waals surface area contributed by atoms with Gasteiger partial charge in [0.1, 0.15) is 5.82 Å². The minimum absolute atomic E-state index is 0.0816. The monoisotopic (exact) mass is 235 g/mol. The number of hydrogen-bond acceptors (Lipinski definition) is 3. The molecular weight excluding hydrogens is 214 g/mol. The topological polar surface area (TPSA) is 52.1 Å². The number of rotatable bonds is 2. The molecule has 2 atom stereocenters. The quantitative estimate of drug-likeness (QED) is 0.817. The number of aliphatic hydroxyl groups is 1. The second kappa shape index (κ2) is 4.42. The van der Waals surface area contributed by atoms with Gasteiger partial charge in [-0.15, -0.1) is 0 Å². The molecule has 1 saturated carbocycles. The third-order valence-corrected chi connectivity index (χ3v) is 4.47. The molecule has 0 amide bonds. The summed E-state index contributed by atoms with van der Waals surface area (Å²) in [6, 6.07) is 0. The molecule has 0 aromatic carbocycles. The zero-order chi connectivity index (χ0) is 11.7. The van der Waals surface area contributed by atoms with Gasteiger partial charge in [0, 0.05) is 24.4 Å². The van der Waals surface area contributed by atoms with E-state index in [0.29, 0.717) is 0 Å². The maximum atomic E-state index is 10.2. The number of hydrogen-bond donors (Lipinski definition) is 2. The highest BCUT2D eigenvalue weighted by atomic mass is 16.3. The molecule has 0 unspecified atom stereocenters. The average molecular weight is 235 g/mol. The third kappa shape index (κ3) is 2.11. The minimum Gasteiger partial charge on any atom is -0.393 e. The van der Waals surface area contributed by atoms with Gasteiger partial charge in [-0.25, -0.2) is 4.98 Å². The fourth-order valence-corrected chi connectivity index (χ4v) is 3.59. The van der Waals surface area contributed by atoms with Crippen molar-refractivity contribution in [2.75, 3.05) is 13.1 Å². The zero-order valence-corrected chi connectivity index (χ0v) is 10.2. The first-order valence-corrected chi connectivity index (χ1v) is 6.67. The van der Waals surface area contributed by atoms with E-state index in [2.05, 4.69) is 14.9 Å². The first kappa shape index (κ1) is 11.2. The molecule has 2 fully saturated rings. The van der Waals surface area contributed by atoms with Crippen LogP contribution < -0.4 is 0 Å². The van der Waals surface area contributed by atoms with E-state index >= 15 is 0 Å². The van der Waals surface area contributed by atoms with Gasteiger partial charge in [-0.3, -0.25) is 4.90 Å². The SMILES string of the molecule is O[C@@H]1CCC[C@@]12CCCN(Cc1ncc[nH]1)C2. The first-order valence-electron chi connectivity index (χ1n) is 6.67. The molecule has 1 aromatic heterocycles. The maximum absolute atomic E-state index is 10.2. The minimum atomic E-state index is -0.0816.